The van der Waals surface area contributed by atoms with Crippen molar-refractivity contribution < 1.29 is 9.59 Å². The molecular weight excluding hydrogens is 480 g/mol. The SMILES string of the molecule is CN(NC(=O)C(=NNc1ccccc1)C(=O)NN(C)C(=S)C1=CC=CCC1)C(=S)C1=CC=CCC1. The van der Waals surface area contributed by atoms with Crippen LogP contribution in [-0.2, 0) is 9.59 Å². The fourth-order valence-corrected chi connectivity index (χ4v) is 3.77. The number of hydrogen-bond acceptors (Lipinski definition) is 6. The first-order valence-corrected chi connectivity index (χ1v) is 12.0. The molecule has 1 aromatic rings. The minimum Gasteiger partial charge on any atom is -0.278 e. The lowest BCUT2D eigenvalue weighted by Gasteiger charge is -2.25. The van der Waals surface area contributed by atoms with Gasteiger partial charge in [0.2, 0.25) is 5.71 Å². The summed E-state index contributed by atoms with van der Waals surface area (Å²) < 4.78 is 0. The van der Waals surface area contributed by atoms with Gasteiger partial charge in [0.05, 0.1) is 5.69 Å². The first kappa shape index (κ1) is 26.0. The van der Waals surface area contributed by atoms with Crippen molar-refractivity contribution in [3.8, 4) is 0 Å². The molecule has 0 atom stereocenters. The number of likely N-dealkylation sites (N-methyl/N-ethyl adjacent to an activating group) is 2. The maximum absolute atomic E-state index is 13.1. The van der Waals surface area contributed by atoms with Gasteiger partial charge < -0.3 is 0 Å². The number of allylic oxidation sites excluding steroid dienone is 6. The van der Waals surface area contributed by atoms with Crippen molar-refractivity contribution in [1.29, 1.82) is 0 Å². The molecule has 3 rings (SSSR count). The minimum absolute atomic E-state index is 0.381. The molecule has 0 saturated carbocycles. The summed E-state index contributed by atoms with van der Waals surface area (Å²) in [4.78, 5) is 27.1. The van der Waals surface area contributed by atoms with Gasteiger partial charge in [0.15, 0.2) is 0 Å². The highest BCUT2D eigenvalue weighted by Crippen LogP contribution is 2.16. The summed E-state index contributed by atoms with van der Waals surface area (Å²) in [7, 11) is 3.26. The molecule has 2 aliphatic rings. The Morgan fingerprint density at radius 2 is 1.31 bits per heavy atom. The average Bonchev–Trinajstić information content (AvgIpc) is 2.89. The maximum atomic E-state index is 13.1. The van der Waals surface area contributed by atoms with Crippen LogP contribution < -0.4 is 16.3 Å². The number of hydrazine groups is 2. The molecule has 0 saturated heterocycles. The van der Waals surface area contributed by atoms with Crippen molar-refractivity contribution >= 4 is 57.6 Å². The Kier molecular flexibility index (Phi) is 9.45. The van der Waals surface area contributed by atoms with E-state index in [0.717, 1.165) is 36.8 Å². The summed E-state index contributed by atoms with van der Waals surface area (Å²) in [6.07, 6.45) is 15.1. The third-order valence-electron chi connectivity index (χ3n) is 5.23. The van der Waals surface area contributed by atoms with Crippen LogP contribution in [0.3, 0.4) is 0 Å². The number of thiocarbonyl (C=S) groups is 2. The molecule has 35 heavy (non-hydrogen) atoms. The first-order chi connectivity index (χ1) is 16.9. The fourth-order valence-electron chi connectivity index (χ4n) is 3.34. The van der Waals surface area contributed by atoms with Crippen LogP contribution in [0.1, 0.15) is 25.7 Å². The van der Waals surface area contributed by atoms with Gasteiger partial charge in [0.25, 0.3) is 11.8 Å². The molecule has 3 N–H and O–H groups in total. The second-order valence-corrected chi connectivity index (χ2v) is 8.64. The Balaban J connectivity index is 1.74. The molecule has 0 fully saturated rings. The standard InChI is InChI=1S/C25H28N6O2S2/c1-30(24(34)18-12-6-3-7-13-18)28-22(32)21(27-26-20-16-10-5-11-17-20)23(33)29-31(2)25(35)19-14-8-4-9-15-19/h3-6,8,10-12,14,16-17,26H,7,9,13,15H2,1-2H3,(H,28,32)(H,29,33). The van der Waals surface area contributed by atoms with Gasteiger partial charge >= 0.3 is 0 Å². The molecule has 2 amide bonds. The Hall–Kier alpha value is -3.63. The van der Waals surface area contributed by atoms with E-state index < -0.39 is 11.8 Å². The van der Waals surface area contributed by atoms with Gasteiger partial charge in [-0.1, -0.05) is 79.1 Å². The highest BCUT2D eigenvalue weighted by Gasteiger charge is 2.25. The molecular formula is C25H28N6O2S2. The number of benzene rings is 1. The summed E-state index contributed by atoms with van der Waals surface area (Å²) >= 11 is 11.0. The van der Waals surface area contributed by atoms with Crippen LogP contribution in [0.2, 0.25) is 0 Å². The van der Waals surface area contributed by atoms with Crippen LogP contribution in [0.25, 0.3) is 0 Å². The van der Waals surface area contributed by atoms with Crippen LogP contribution in [0, 0.1) is 0 Å². The normalized spacial score (nSPS) is 14.1. The van der Waals surface area contributed by atoms with Crippen molar-refractivity contribution in [1.82, 2.24) is 20.9 Å². The Morgan fingerprint density at radius 1 is 0.829 bits per heavy atom. The lowest BCUT2D eigenvalue weighted by molar-refractivity contribution is -0.121. The minimum atomic E-state index is -0.720. The fraction of sp³-hybridized carbons (Fsp3) is 0.240. The molecule has 0 aromatic heterocycles. The molecule has 0 spiro atoms. The largest absolute Gasteiger partial charge is 0.296 e. The maximum Gasteiger partial charge on any atom is 0.296 e. The molecule has 1 aromatic carbocycles. The molecule has 182 valence electrons. The summed E-state index contributed by atoms with van der Waals surface area (Å²) in [5.41, 5.74) is 10.1. The Morgan fingerprint density at radius 3 is 1.74 bits per heavy atom. The number of para-hydroxylation sites is 1. The summed E-state index contributed by atoms with van der Waals surface area (Å²) in [6, 6.07) is 9.02. The number of carbonyl (C=O) groups excluding carboxylic acids is 2. The number of hydrazone groups is 1. The van der Waals surface area contributed by atoms with Gasteiger partial charge in [-0.2, -0.15) is 5.10 Å². The van der Waals surface area contributed by atoms with Gasteiger partial charge in [-0.3, -0.25) is 35.9 Å². The zero-order valence-electron chi connectivity index (χ0n) is 19.7. The van der Waals surface area contributed by atoms with Gasteiger partial charge in [-0.15, -0.1) is 0 Å². The number of nitrogens with zero attached hydrogens (tertiary/aromatic N) is 3. The highest BCUT2D eigenvalue weighted by molar-refractivity contribution is 7.80. The summed E-state index contributed by atoms with van der Waals surface area (Å²) in [5.74, 6) is -1.44. The molecule has 0 aliphatic heterocycles. The molecule has 0 bridgehead atoms. The second-order valence-electron chi connectivity index (χ2n) is 7.87. The predicted octanol–water partition coefficient (Wildman–Crippen LogP) is 3.59. The number of rotatable bonds is 6. The van der Waals surface area contributed by atoms with E-state index in [9.17, 15) is 9.59 Å². The van der Waals surface area contributed by atoms with E-state index in [4.69, 9.17) is 24.4 Å². The topological polar surface area (TPSA) is 89.1 Å². The van der Waals surface area contributed by atoms with Crippen LogP contribution in [-0.4, -0.2) is 51.6 Å². The van der Waals surface area contributed by atoms with Crippen molar-refractivity contribution in [2.75, 3.05) is 19.5 Å². The van der Waals surface area contributed by atoms with Crippen LogP contribution in [0.5, 0.6) is 0 Å². The zero-order chi connectivity index (χ0) is 25.2. The molecule has 0 heterocycles. The van der Waals surface area contributed by atoms with E-state index in [1.165, 1.54) is 10.0 Å². The second kappa shape index (κ2) is 12.7. The monoisotopic (exact) mass is 508 g/mol. The van der Waals surface area contributed by atoms with E-state index in [1.807, 2.05) is 42.5 Å². The average molecular weight is 509 g/mol. The quantitative estimate of drug-likeness (QED) is 0.234. The van der Waals surface area contributed by atoms with Crippen LogP contribution >= 0.6 is 24.4 Å². The van der Waals surface area contributed by atoms with E-state index >= 15 is 0 Å². The molecule has 8 nitrogen and oxygen atoms in total. The predicted molar refractivity (Wildman–Crippen MR) is 147 cm³/mol. The summed E-state index contributed by atoms with van der Waals surface area (Å²) in [5, 5.41) is 6.93. The number of amides is 2. The highest BCUT2D eigenvalue weighted by atomic mass is 32.1. The molecule has 0 unspecified atom stereocenters. The van der Waals surface area contributed by atoms with E-state index in [-0.39, 0.29) is 5.71 Å². The number of hydrogen-bond donors (Lipinski definition) is 3. The van der Waals surface area contributed by atoms with E-state index in [0.29, 0.717) is 15.7 Å². The first-order valence-electron chi connectivity index (χ1n) is 11.1. The third kappa shape index (κ3) is 7.43. The zero-order valence-corrected chi connectivity index (χ0v) is 21.3. The Bertz CT molecular complexity index is 1070. The lowest BCUT2D eigenvalue weighted by Crippen LogP contribution is -2.53. The molecule has 0 radical (unpaired) electrons. The molecule has 10 heteroatoms. The summed E-state index contributed by atoms with van der Waals surface area (Å²) in [6.45, 7) is 0. The number of carbonyl (C=O) groups is 2. The van der Waals surface area contributed by atoms with Crippen molar-refractivity contribution in [3.05, 3.63) is 77.9 Å². The van der Waals surface area contributed by atoms with Crippen molar-refractivity contribution in [3.63, 3.8) is 0 Å². The van der Waals surface area contributed by atoms with Crippen LogP contribution in [0.4, 0.5) is 5.69 Å². The van der Waals surface area contributed by atoms with Crippen molar-refractivity contribution in [2.24, 2.45) is 5.10 Å². The van der Waals surface area contributed by atoms with Gasteiger partial charge in [-0.25, -0.2) is 0 Å². The van der Waals surface area contributed by atoms with E-state index in [2.05, 4.69) is 33.5 Å². The van der Waals surface area contributed by atoms with Crippen molar-refractivity contribution in [2.45, 2.75) is 25.7 Å². The molecule has 2 aliphatic carbocycles. The van der Waals surface area contributed by atoms with E-state index in [1.54, 1.807) is 26.2 Å². The third-order valence-corrected chi connectivity index (χ3v) is 6.30. The van der Waals surface area contributed by atoms with Gasteiger partial charge in [0.1, 0.15) is 9.98 Å². The number of anilines is 1. The number of nitrogens with one attached hydrogen (secondary N) is 3. The lowest BCUT2D eigenvalue weighted by atomic mass is 10.1. The van der Waals surface area contributed by atoms with Gasteiger partial charge in [0, 0.05) is 14.1 Å². The Labute approximate surface area is 216 Å². The smallest absolute Gasteiger partial charge is 0.278 e. The van der Waals surface area contributed by atoms with Crippen LogP contribution in [0.15, 0.2) is 83.0 Å². The van der Waals surface area contributed by atoms with Gasteiger partial charge in [-0.05, 0) is 49.0 Å².